The van der Waals surface area contributed by atoms with E-state index in [1.807, 2.05) is 0 Å². The molecule has 0 aliphatic rings. The second-order valence-corrected chi connectivity index (χ2v) is 4.85. The average Bonchev–Trinajstić information content (AvgIpc) is 2.75. The highest BCUT2D eigenvalue weighted by molar-refractivity contribution is 6.06. The summed E-state index contributed by atoms with van der Waals surface area (Å²) in [5, 5.41) is 2.69. The minimum absolute atomic E-state index is 0.114. The molecule has 1 heterocycles. The lowest BCUT2D eigenvalue weighted by atomic mass is 9.98. The molecule has 2 aromatic rings. The molecule has 5 nitrogen and oxygen atoms in total. The zero-order valence-electron chi connectivity index (χ0n) is 12.1. The van der Waals surface area contributed by atoms with Crippen molar-refractivity contribution in [1.82, 2.24) is 4.98 Å². The maximum absolute atomic E-state index is 11.8. The molecule has 0 aliphatic carbocycles. The van der Waals surface area contributed by atoms with Crippen LogP contribution in [-0.4, -0.2) is 23.0 Å². The van der Waals surface area contributed by atoms with E-state index in [-0.39, 0.29) is 11.7 Å². The standard InChI is InChI=1S/C16H16N2O3/c1-9-15(10(2)20)16(14(8-19)17-9)12-5-4-6-13(7-12)18-11(3)21/h4-8,17H,1-3H3,(H,18,21). The average molecular weight is 284 g/mol. The maximum Gasteiger partial charge on any atom is 0.221 e. The Labute approximate surface area is 122 Å². The molecule has 1 aromatic heterocycles. The van der Waals surface area contributed by atoms with Crippen LogP contribution in [0.5, 0.6) is 0 Å². The molecule has 0 unspecified atom stereocenters. The third-order valence-corrected chi connectivity index (χ3v) is 3.16. The number of rotatable bonds is 4. The number of ketones is 1. The van der Waals surface area contributed by atoms with E-state index < -0.39 is 0 Å². The van der Waals surface area contributed by atoms with Crippen molar-refractivity contribution in [3.8, 4) is 11.1 Å². The fourth-order valence-electron chi connectivity index (χ4n) is 2.43. The minimum Gasteiger partial charge on any atom is -0.355 e. The highest BCUT2D eigenvalue weighted by Crippen LogP contribution is 2.31. The Balaban J connectivity index is 2.63. The lowest BCUT2D eigenvalue weighted by Gasteiger charge is -2.07. The smallest absolute Gasteiger partial charge is 0.221 e. The molecule has 0 fully saturated rings. The van der Waals surface area contributed by atoms with Gasteiger partial charge in [-0.1, -0.05) is 12.1 Å². The number of aldehydes is 1. The summed E-state index contributed by atoms with van der Waals surface area (Å²) in [6, 6.07) is 7.05. The van der Waals surface area contributed by atoms with Crippen molar-refractivity contribution in [1.29, 1.82) is 0 Å². The van der Waals surface area contributed by atoms with Gasteiger partial charge in [-0.3, -0.25) is 14.4 Å². The molecule has 0 saturated heterocycles. The van der Waals surface area contributed by atoms with E-state index in [1.165, 1.54) is 13.8 Å². The molecule has 2 rings (SSSR count). The first-order valence-corrected chi connectivity index (χ1v) is 6.50. The molecule has 108 valence electrons. The highest BCUT2D eigenvalue weighted by atomic mass is 16.1. The molecule has 1 amide bonds. The Hall–Kier alpha value is -2.69. The van der Waals surface area contributed by atoms with Crippen molar-refractivity contribution in [2.45, 2.75) is 20.8 Å². The molecule has 5 heteroatoms. The number of carbonyl (C=O) groups excluding carboxylic acids is 3. The number of hydrogen-bond donors (Lipinski definition) is 2. The molecule has 0 saturated carbocycles. The number of H-pyrrole nitrogens is 1. The Morgan fingerprint density at radius 2 is 1.95 bits per heavy atom. The maximum atomic E-state index is 11.8. The van der Waals surface area contributed by atoms with Gasteiger partial charge in [0, 0.05) is 29.4 Å². The second-order valence-electron chi connectivity index (χ2n) is 4.85. The first-order valence-electron chi connectivity index (χ1n) is 6.50. The lowest BCUT2D eigenvalue weighted by molar-refractivity contribution is -0.114. The number of nitrogens with one attached hydrogen (secondary N) is 2. The van der Waals surface area contributed by atoms with Gasteiger partial charge in [0.05, 0.1) is 5.69 Å². The number of hydrogen-bond acceptors (Lipinski definition) is 3. The van der Waals surface area contributed by atoms with Crippen molar-refractivity contribution in [3.05, 3.63) is 41.2 Å². The number of aromatic nitrogens is 1. The second kappa shape index (κ2) is 5.75. The van der Waals surface area contributed by atoms with Crippen molar-refractivity contribution in [2.75, 3.05) is 5.32 Å². The van der Waals surface area contributed by atoms with Crippen LogP contribution in [0.3, 0.4) is 0 Å². The summed E-state index contributed by atoms with van der Waals surface area (Å²) in [4.78, 5) is 37.1. The zero-order valence-corrected chi connectivity index (χ0v) is 12.1. The topological polar surface area (TPSA) is 79.0 Å². The SMILES string of the molecule is CC(=O)Nc1cccc(-c2c(C=O)[nH]c(C)c2C(C)=O)c1. The van der Waals surface area contributed by atoms with Gasteiger partial charge in [0.25, 0.3) is 0 Å². The van der Waals surface area contributed by atoms with Crippen molar-refractivity contribution < 1.29 is 14.4 Å². The third kappa shape index (κ3) is 2.91. The van der Waals surface area contributed by atoms with Crippen LogP contribution < -0.4 is 5.32 Å². The van der Waals surface area contributed by atoms with Crippen LogP contribution in [0.25, 0.3) is 11.1 Å². The Bertz CT molecular complexity index is 729. The van der Waals surface area contributed by atoms with E-state index in [2.05, 4.69) is 10.3 Å². The number of aryl methyl sites for hydroxylation is 1. The molecular formula is C16H16N2O3. The largest absolute Gasteiger partial charge is 0.355 e. The van der Waals surface area contributed by atoms with Gasteiger partial charge in [-0.05, 0) is 31.5 Å². The van der Waals surface area contributed by atoms with E-state index in [0.717, 1.165) is 0 Å². The first-order chi connectivity index (χ1) is 9.93. The van der Waals surface area contributed by atoms with Gasteiger partial charge >= 0.3 is 0 Å². The number of carbonyl (C=O) groups is 3. The summed E-state index contributed by atoms with van der Waals surface area (Å²) in [5.74, 6) is -0.295. The molecule has 2 N–H and O–H groups in total. The zero-order chi connectivity index (χ0) is 15.6. The summed E-state index contributed by atoms with van der Waals surface area (Å²) in [6.45, 7) is 4.64. The molecule has 0 atom stereocenters. The molecule has 0 spiro atoms. The van der Waals surface area contributed by atoms with Crippen molar-refractivity contribution in [2.24, 2.45) is 0 Å². The van der Waals surface area contributed by atoms with Crippen LogP contribution in [0.2, 0.25) is 0 Å². The van der Waals surface area contributed by atoms with Crippen LogP contribution in [0.1, 0.15) is 40.4 Å². The van der Waals surface area contributed by atoms with E-state index in [0.29, 0.717) is 40.1 Å². The van der Waals surface area contributed by atoms with Gasteiger partial charge in [-0.15, -0.1) is 0 Å². The summed E-state index contributed by atoms with van der Waals surface area (Å²) >= 11 is 0. The third-order valence-electron chi connectivity index (χ3n) is 3.16. The Morgan fingerprint density at radius 1 is 1.24 bits per heavy atom. The molecule has 0 aliphatic heterocycles. The van der Waals surface area contributed by atoms with Crippen LogP contribution in [0, 0.1) is 6.92 Å². The Kier molecular flexibility index (Phi) is 4.03. The number of anilines is 1. The van der Waals surface area contributed by atoms with E-state index >= 15 is 0 Å². The van der Waals surface area contributed by atoms with Crippen LogP contribution in [-0.2, 0) is 4.79 Å². The lowest BCUT2D eigenvalue weighted by Crippen LogP contribution is -2.05. The molecular weight excluding hydrogens is 268 g/mol. The van der Waals surface area contributed by atoms with Crippen LogP contribution >= 0.6 is 0 Å². The van der Waals surface area contributed by atoms with Gasteiger partial charge in [0.15, 0.2) is 12.1 Å². The van der Waals surface area contributed by atoms with Gasteiger partial charge in [0.2, 0.25) is 5.91 Å². The quantitative estimate of drug-likeness (QED) is 0.669. The fourth-order valence-corrected chi connectivity index (χ4v) is 2.43. The minimum atomic E-state index is -0.181. The normalized spacial score (nSPS) is 10.2. The predicted octanol–water partition coefficient (Wildman–Crippen LogP) is 2.96. The van der Waals surface area contributed by atoms with Crippen LogP contribution in [0.15, 0.2) is 24.3 Å². The number of Topliss-reactive ketones (excluding diaryl/α,β-unsaturated/α-hetero) is 1. The summed E-state index contributed by atoms with van der Waals surface area (Å²) in [7, 11) is 0. The predicted molar refractivity (Wildman–Crippen MR) is 80.7 cm³/mol. The molecule has 1 aromatic carbocycles. The van der Waals surface area contributed by atoms with Gasteiger partial charge < -0.3 is 10.3 Å². The van der Waals surface area contributed by atoms with E-state index in [9.17, 15) is 14.4 Å². The van der Waals surface area contributed by atoms with Gasteiger partial charge in [-0.2, -0.15) is 0 Å². The molecule has 21 heavy (non-hydrogen) atoms. The summed E-state index contributed by atoms with van der Waals surface area (Å²) in [6.07, 6.45) is 0.694. The number of aromatic amines is 1. The Morgan fingerprint density at radius 3 is 2.52 bits per heavy atom. The van der Waals surface area contributed by atoms with E-state index in [4.69, 9.17) is 0 Å². The fraction of sp³-hybridized carbons (Fsp3) is 0.188. The van der Waals surface area contributed by atoms with Crippen LogP contribution in [0.4, 0.5) is 5.69 Å². The summed E-state index contributed by atoms with van der Waals surface area (Å²) in [5.41, 5.74) is 3.41. The van der Waals surface area contributed by atoms with E-state index in [1.54, 1.807) is 31.2 Å². The number of amides is 1. The molecule has 0 bridgehead atoms. The highest BCUT2D eigenvalue weighted by Gasteiger charge is 2.19. The van der Waals surface area contributed by atoms with Gasteiger partial charge in [0.1, 0.15) is 0 Å². The number of benzene rings is 1. The van der Waals surface area contributed by atoms with Crippen molar-refractivity contribution in [3.63, 3.8) is 0 Å². The van der Waals surface area contributed by atoms with Gasteiger partial charge in [-0.25, -0.2) is 0 Å². The first kappa shape index (κ1) is 14.7. The molecule has 0 radical (unpaired) electrons. The van der Waals surface area contributed by atoms with Crippen molar-refractivity contribution >= 4 is 23.7 Å². The monoisotopic (exact) mass is 284 g/mol. The summed E-state index contributed by atoms with van der Waals surface area (Å²) < 4.78 is 0.